The third-order valence-electron chi connectivity index (χ3n) is 4.46. The van der Waals surface area contributed by atoms with E-state index in [-0.39, 0.29) is 13.2 Å². The first kappa shape index (κ1) is 19.8. The van der Waals surface area contributed by atoms with Crippen molar-refractivity contribution in [1.82, 2.24) is 19.6 Å². The average Bonchev–Trinajstić information content (AvgIpc) is 2.49. The molecule has 0 aromatic carbocycles. The summed E-state index contributed by atoms with van der Waals surface area (Å²) in [5, 5.41) is 18.5. The molecule has 22 heavy (non-hydrogen) atoms. The monoisotopic (exact) mass is 316 g/mol. The fourth-order valence-electron chi connectivity index (χ4n) is 2.93. The third-order valence-corrected chi connectivity index (χ3v) is 4.46. The van der Waals surface area contributed by atoms with E-state index < -0.39 is 0 Å². The Kier molecular flexibility index (Phi) is 11.0. The minimum atomic E-state index is 0.223. The highest BCUT2D eigenvalue weighted by molar-refractivity contribution is 4.67. The Hall–Kier alpha value is -0.240. The van der Waals surface area contributed by atoms with E-state index in [0.717, 1.165) is 78.3 Å². The Balaban J connectivity index is 2.52. The highest BCUT2D eigenvalue weighted by Crippen LogP contribution is 2.00. The number of aliphatic hydroxyl groups is 2. The smallest absolute Gasteiger partial charge is 0.0558 e. The van der Waals surface area contributed by atoms with Crippen LogP contribution in [-0.4, -0.2) is 123 Å². The molecule has 132 valence electrons. The average molecular weight is 316 g/mol. The SMILES string of the molecule is CN1CCCN(CCO)CCN(CCO)CCCN(C)CC1. The van der Waals surface area contributed by atoms with Crippen molar-refractivity contribution in [3.8, 4) is 0 Å². The molecule has 2 N–H and O–H groups in total. The van der Waals surface area contributed by atoms with Gasteiger partial charge < -0.3 is 20.0 Å². The molecule has 1 rings (SSSR count). The second kappa shape index (κ2) is 12.2. The van der Waals surface area contributed by atoms with E-state index in [1.807, 2.05) is 0 Å². The molecule has 1 aliphatic rings. The predicted molar refractivity (Wildman–Crippen MR) is 91.3 cm³/mol. The molecule has 0 bridgehead atoms. The Labute approximate surface area is 136 Å². The van der Waals surface area contributed by atoms with Gasteiger partial charge in [-0.2, -0.15) is 0 Å². The maximum absolute atomic E-state index is 9.23. The molecule has 0 aliphatic carbocycles. The lowest BCUT2D eigenvalue weighted by atomic mass is 10.3. The van der Waals surface area contributed by atoms with Crippen LogP contribution >= 0.6 is 0 Å². The first-order valence-electron chi connectivity index (χ1n) is 8.69. The maximum atomic E-state index is 9.23. The summed E-state index contributed by atoms with van der Waals surface area (Å²) < 4.78 is 0. The van der Waals surface area contributed by atoms with Gasteiger partial charge in [0.25, 0.3) is 0 Å². The van der Waals surface area contributed by atoms with Crippen LogP contribution in [0.1, 0.15) is 12.8 Å². The van der Waals surface area contributed by atoms with Crippen LogP contribution in [0.2, 0.25) is 0 Å². The van der Waals surface area contributed by atoms with Gasteiger partial charge in [-0.05, 0) is 53.1 Å². The van der Waals surface area contributed by atoms with E-state index in [4.69, 9.17) is 0 Å². The largest absolute Gasteiger partial charge is 0.395 e. The summed E-state index contributed by atoms with van der Waals surface area (Å²) in [6.07, 6.45) is 2.28. The molecule has 1 aliphatic heterocycles. The van der Waals surface area contributed by atoms with E-state index in [2.05, 4.69) is 33.7 Å². The van der Waals surface area contributed by atoms with Crippen molar-refractivity contribution in [3.63, 3.8) is 0 Å². The van der Waals surface area contributed by atoms with Crippen molar-refractivity contribution < 1.29 is 10.2 Å². The molecular weight excluding hydrogens is 280 g/mol. The van der Waals surface area contributed by atoms with Crippen molar-refractivity contribution in [2.75, 3.05) is 92.8 Å². The number of likely N-dealkylation sites (N-methyl/N-ethyl adjacent to an activating group) is 2. The molecule has 0 amide bonds. The summed E-state index contributed by atoms with van der Waals surface area (Å²) in [5.74, 6) is 0. The summed E-state index contributed by atoms with van der Waals surface area (Å²) in [6, 6.07) is 0. The van der Waals surface area contributed by atoms with Crippen LogP contribution in [0.5, 0.6) is 0 Å². The van der Waals surface area contributed by atoms with Crippen molar-refractivity contribution in [2.45, 2.75) is 12.8 Å². The minimum Gasteiger partial charge on any atom is -0.395 e. The standard InChI is InChI=1S/C16H36N4O2/c1-17-5-3-7-19(13-15-21)11-12-20(14-16-22)8-4-6-18(2)10-9-17/h21-22H,3-16H2,1-2H3. The van der Waals surface area contributed by atoms with Gasteiger partial charge in [0.05, 0.1) is 13.2 Å². The first-order chi connectivity index (χ1) is 10.7. The summed E-state index contributed by atoms with van der Waals surface area (Å²) in [6.45, 7) is 10.4. The van der Waals surface area contributed by atoms with E-state index >= 15 is 0 Å². The molecule has 1 heterocycles. The molecule has 0 aromatic rings. The quantitative estimate of drug-likeness (QED) is 0.711. The number of β-amino-alcohol motifs (C(OH)–C–C–N with tert-alkyl or cyclic N) is 2. The fourth-order valence-corrected chi connectivity index (χ4v) is 2.93. The van der Waals surface area contributed by atoms with Gasteiger partial charge in [0.15, 0.2) is 0 Å². The molecule has 0 saturated carbocycles. The summed E-state index contributed by atoms with van der Waals surface area (Å²) >= 11 is 0. The van der Waals surface area contributed by atoms with Crippen molar-refractivity contribution in [2.24, 2.45) is 0 Å². The zero-order valence-electron chi connectivity index (χ0n) is 14.6. The van der Waals surface area contributed by atoms with Gasteiger partial charge in [-0.15, -0.1) is 0 Å². The molecule has 0 radical (unpaired) electrons. The minimum absolute atomic E-state index is 0.223. The van der Waals surface area contributed by atoms with Crippen LogP contribution in [0.25, 0.3) is 0 Å². The Morgan fingerprint density at radius 1 is 0.591 bits per heavy atom. The Bertz CT molecular complexity index is 243. The topological polar surface area (TPSA) is 53.4 Å². The van der Waals surface area contributed by atoms with Gasteiger partial charge in [-0.1, -0.05) is 0 Å². The Morgan fingerprint density at radius 3 is 1.36 bits per heavy atom. The van der Waals surface area contributed by atoms with Crippen molar-refractivity contribution >= 4 is 0 Å². The van der Waals surface area contributed by atoms with Crippen LogP contribution in [0, 0.1) is 0 Å². The Morgan fingerprint density at radius 2 is 1.00 bits per heavy atom. The molecule has 1 fully saturated rings. The third kappa shape index (κ3) is 9.02. The molecule has 0 aromatic heterocycles. The van der Waals surface area contributed by atoms with Crippen molar-refractivity contribution in [3.05, 3.63) is 0 Å². The lowest BCUT2D eigenvalue weighted by Crippen LogP contribution is -2.41. The number of rotatable bonds is 4. The predicted octanol–water partition coefficient (Wildman–Crippen LogP) is -0.768. The molecule has 6 heteroatoms. The van der Waals surface area contributed by atoms with Gasteiger partial charge in [-0.3, -0.25) is 9.80 Å². The highest BCUT2D eigenvalue weighted by Gasteiger charge is 2.11. The van der Waals surface area contributed by atoms with Gasteiger partial charge in [0.2, 0.25) is 0 Å². The van der Waals surface area contributed by atoms with E-state index in [1.165, 1.54) is 0 Å². The summed E-state index contributed by atoms with van der Waals surface area (Å²) in [7, 11) is 4.39. The van der Waals surface area contributed by atoms with E-state index in [9.17, 15) is 10.2 Å². The van der Waals surface area contributed by atoms with Gasteiger partial charge in [0, 0.05) is 39.3 Å². The molecule has 0 unspecified atom stereocenters. The van der Waals surface area contributed by atoms with Gasteiger partial charge in [-0.25, -0.2) is 0 Å². The highest BCUT2D eigenvalue weighted by atomic mass is 16.3. The zero-order chi connectivity index (χ0) is 16.2. The molecular formula is C16H36N4O2. The van der Waals surface area contributed by atoms with Gasteiger partial charge in [0.1, 0.15) is 0 Å². The van der Waals surface area contributed by atoms with E-state index in [1.54, 1.807) is 0 Å². The summed E-state index contributed by atoms with van der Waals surface area (Å²) in [4.78, 5) is 9.49. The maximum Gasteiger partial charge on any atom is 0.0558 e. The second-order valence-electron chi connectivity index (χ2n) is 6.44. The molecule has 1 saturated heterocycles. The molecule has 0 spiro atoms. The molecule has 6 nitrogen and oxygen atoms in total. The fraction of sp³-hybridized carbons (Fsp3) is 1.00. The van der Waals surface area contributed by atoms with Crippen LogP contribution < -0.4 is 0 Å². The van der Waals surface area contributed by atoms with Crippen LogP contribution in [-0.2, 0) is 0 Å². The lowest BCUT2D eigenvalue weighted by Gasteiger charge is -2.29. The van der Waals surface area contributed by atoms with Crippen LogP contribution in [0.15, 0.2) is 0 Å². The van der Waals surface area contributed by atoms with E-state index in [0.29, 0.717) is 0 Å². The lowest BCUT2D eigenvalue weighted by molar-refractivity contribution is 0.139. The van der Waals surface area contributed by atoms with Crippen LogP contribution in [0.4, 0.5) is 0 Å². The second-order valence-corrected chi connectivity index (χ2v) is 6.44. The normalized spacial score (nSPS) is 23.5. The van der Waals surface area contributed by atoms with Crippen molar-refractivity contribution in [1.29, 1.82) is 0 Å². The summed E-state index contributed by atoms with van der Waals surface area (Å²) in [5.41, 5.74) is 0. The van der Waals surface area contributed by atoms with Gasteiger partial charge >= 0.3 is 0 Å². The zero-order valence-corrected chi connectivity index (χ0v) is 14.6. The first-order valence-corrected chi connectivity index (χ1v) is 8.69. The number of hydrogen-bond donors (Lipinski definition) is 2. The number of nitrogens with zero attached hydrogens (tertiary/aromatic N) is 4. The number of aliphatic hydroxyl groups excluding tert-OH is 2. The van der Waals surface area contributed by atoms with Crippen LogP contribution in [0.3, 0.4) is 0 Å². The molecule has 0 atom stereocenters. The number of hydrogen-bond acceptors (Lipinski definition) is 6.